The number of esters is 2. The molecule has 0 atom stereocenters. The van der Waals surface area contributed by atoms with Gasteiger partial charge in [-0.25, -0.2) is 9.59 Å². The molecule has 0 fully saturated rings. The largest absolute Gasteiger partial charge is 0.508 e. The smallest absolute Gasteiger partial charge is 0.379 e. The third-order valence-electron chi connectivity index (χ3n) is 12.5. The van der Waals surface area contributed by atoms with E-state index in [-0.39, 0.29) is 23.0 Å². The van der Waals surface area contributed by atoms with Crippen molar-refractivity contribution in [3.05, 3.63) is 262 Å². The molecule has 1 heterocycles. The molecule has 302 valence electrons. The van der Waals surface area contributed by atoms with Crippen molar-refractivity contribution in [2.75, 3.05) is 0 Å². The summed E-state index contributed by atoms with van der Waals surface area (Å²) >= 11 is 0. The van der Waals surface area contributed by atoms with E-state index in [1.807, 2.05) is 97.1 Å². The molecule has 2 N–H and O–H groups in total. The Morgan fingerprint density at radius 3 is 0.921 bits per heavy atom. The van der Waals surface area contributed by atoms with Gasteiger partial charge in [-0.05, 0) is 127 Å². The van der Waals surface area contributed by atoms with Crippen molar-refractivity contribution < 1.29 is 33.7 Å². The monoisotopic (exact) mass is 820 g/mol. The second kappa shape index (κ2) is 14.6. The van der Waals surface area contributed by atoms with Crippen LogP contribution < -0.4 is 9.47 Å². The van der Waals surface area contributed by atoms with Crippen LogP contribution in [-0.4, -0.2) is 22.2 Å². The van der Waals surface area contributed by atoms with Crippen molar-refractivity contribution >= 4 is 11.9 Å². The summed E-state index contributed by atoms with van der Waals surface area (Å²) in [4.78, 5) is 26.8. The first-order chi connectivity index (χ1) is 30.8. The molecule has 0 unspecified atom stereocenters. The molecule has 7 nitrogen and oxygen atoms in total. The highest BCUT2D eigenvalue weighted by molar-refractivity contribution is 5.93. The number of fused-ring (bicyclic) bond motifs is 6. The summed E-state index contributed by atoms with van der Waals surface area (Å²) in [6, 6.07) is 65.4. The number of ether oxygens (including phenoxy) is 2. The third kappa shape index (κ3) is 5.81. The number of carbonyl (C=O) groups excluding carboxylic acids is 2. The first kappa shape index (κ1) is 37.6. The minimum Gasteiger partial charge on any atom is -0.508 e. The van der Waals surface area contributed by atoms with E-state index in [0.717, 1.165) is 66.8 Å². The van der Waals surface area contributed by atoms with Crippen LogP contribution >= 0.6 is 0 Å². The van der Waals surface area contributed by atoms with Crippen molar-refractivity contribution in [3.8, 4) is 45.3 Å². The van der Waals surface area contributed by atoms with Gasteiger partial charge in [-0.1, -0.05) is 146 Å². The van der Waals surface area contributed by atoms with Crippen LogP contribution in [0.2, 0.25) is 0 Å². The van der Waals surface area contributed by atoms with Crippen LogP contribution in [0.3, 0.4) is 0 Å². The number of rotatable bonds is 8. The number of aromatic hydroxyl groups is 2. The number of benzene rings is 8. The van der Waals surface area contributed by atoms with Gasteiger partial charge in [0.15, 0.2) is 0 Å². The van der Waals surface area contributed by atoms with Crippen LogP contribution in [0.5, 0.6) is 23.0 Å². The normalized spacial score (nSPS) is 13.6. The first-order valence-corrected chi connectivity index (χ1v) is 20.6. The lowest BCUT2D eigenvalue weighted by Gasteiger charge is -2.34. The van der Waals surface area contributed by atoms with Crippen LogP contribution in [0.4, 0.5) is 0 Å². The summed E-state index contributed by atoms with van der Waals surface area (Å²) in [7, 11) is 0. The fraction of sp³-hybridized carbons (Fsp3) is 0.0357. The van der Waals surface area contributed by atoms with Crippen LogP contribution in [0.15, 0.2) is 211 Å². The second-order valence-corrected chi connectivity index (χ2v) is 15.8. The number of hydrogen-bond acceptors (Lipinski definition) is 7. The van der Waals surface area contributed by atoms with Gasteiger partial charge in [-0.15, -0.1) is 0 Å². The molecule has 2 aliphatic carbocycles. The summed E-state index contributed by atoms with van der Waals surface area (Å²) in [6.45, 7) is 0. The van der Waals surface area contributed by atoms with E-state index in [9.17, 15) is 19.8 Å². The molecule has 0 radical (unpaired) electrons. The van der Waals surface area contributed by atoms with Crippen LogP contribution in [0.1, 0.15) is 65.6 Å². The number of phenols is 2. The molecule has 9 aromatic rings. The Labute approximate surface area is 362 Å². The molecule has 11 rings (SSSR count). The fourth-order valence-electron chi connectivity index (χ4n) is 9.89. The predicted octanol–water partition coefficient (Wildman–Crippen LogP) is 11.9. The number of phenolic OH excluding ortho intramolecular Hbond substituents is 2. The number of hydrogen-bond donors (Lipinski definition) is 2. The van der Waals surface area contributed by atoms with E-state index in [2.05, 4.69) is 48.5 Å². The molecule has 0 amide bonds. The molecule has 0 saturated heterocycles. The summed E-state index contributed by atoms with van der Waals surface area (Å²) in [5.74, 6) is -0.912. The lowest BCUT2D eigenvalue weighted by molar-refractivity contribution is 0.0670. The van der Waals surface area contributed by atoms with Gasteiger partial charge < -0.3 is 24.1 Å². The van der Waals surface area contributed by atoms with Gasteiger partial charge in [0.25, 0.3) is 0 Å². The van der Waals surface area contributed by atoms with E-state index in [1.54, 1.807) is 48.5 Å². The average molecular weight is 821 g/mol. The molecule has 0 saturated carbocycles. The van der Waals surface area contributed by atoms with Crippen molar-refractivity contribution in [2.45, 2.75) is 10.8 Å². The maximum absolute atomic E-state index is 13.4. The van der Waals surface area contributed by atoms with Gasteiger partial charge in [-0.2, -0.15) is 0 Å². The maximum atomic E-state index is 13.4. The summed E-state index contributed by atoms with van der Waals surface area (Å²) < 4.78 is 17.2. The van der Waals surface area contributed by atoms with Gasteiger partial charge in [0.05, 0.1) is 10.8 Å². The standard InChI is InChI=1S/C56H36O7/c57-39-25-17-35(18-26-39)55(47-13-5-1-9-43(47)44-10-2-6-14-48(44)55)37-21-29-41(30-22-37)61-53(59)51-33-34-52(63-51)54(60)62-42-31-23-38(24-32-42)56(36-19-27-40(58)28-20-36)49-15-7-3-11-45(49)46-12-4-8-16-50(46)56/h1-34,57-58H. The molecule has 0 aliphatic heterocycles. The van der Waals surface area contributed by atoms with E-state index in [4.69, 9.17) is 13.9 Å². The van der Waals surface area contributed by atoms with Crippen LogP contribution in [0.25, 0.3) is 22.3 Å². The average Bonchev–Trinajstić information content (AvgIpc) is 4.02. The minimum atomic E-state index is -0.771. The van der Waals surface area contributed by atoms with Crippen molar-refractivity contribution in [1.82, 2.24) is 0 Å². The van der Waals surface area contributed by atoms with Gasteiger partial charge in [0.2, 0.25) is 11.5 Å². The van der Waals surface area contributed by atoms with Gasteiger partial charge in [-0.3, -0.25) is 0 Å². The fourth-order valence-corrected chi connectivity index (χ4v) is 9.89. The zero-order chi connectivity index (χ0) is 42.7. The molecule has 63 heavy (non-hydrogen) atoms. The van der Waals surface area contributed by atoms with Gasteiger partial charge >= 0.3 is 11.9 Å². The van der Waals surface area contributed by atoms with E-state index in [1.165, 1.54) is 12.1 Å². The Morgan fingerprint density at radius 1 is 0.349 bits per heavy atom. The number of furan rings is 1. The van der Waals surface area contributed by atoms with Crippen LogP contribution in [-0.2, 0) is 10.8 Å². The molecular weight excluding hydrogens is 785 g/mol. The highest BCUT2D eigenvalue weighted by Gasteiger charge is 2.47. The van der Waals surface area contributed by atoms with Gasteiger partial charge in [0, 0.05) is 0 Å². The molecule has 8 aromatic carbocycles. The zero-order valence-electron chi connectivity index (χ0n) is 33.6. The predicted molar refractivity (Wildman–Crippen MR) is 239 cm³/mol. The summed E-state index contributed by atoms with van der Waals surface area (Å²) in [5, 5.41) is 20.4. The summed E-state index contributed by atoms with van der Waals surface area (Å²) in [5.41, 5.74) is 11.4. The Morgan fingerprint density at radius 2 is 0.619 bits per heavy atom. The molecule has 1 aromatic heterocycles. The molecule has 0 bridgehead atoms. The first-order valence-electron chi connectivity index (χ1n) is 20.6. The minimum absolute atomic E-state index is 0.157. The Hall–Kier alpha value is -8.42. The Balaban J connectivity index is 0.838. The zero-order valence-corrected chi connectivity index (χ0v) is 33.6. The Bertz CT molecular complexity index is 2910. The lowest BCUT2D eigenvalue weighted by Crippen LogP contribution is -2.28. The molecule has 7 heteroatoms. The topological polar surface area (TPSA) is 106 Å². The quantitative estimate of drug-likeness (QED) is 0.116. The van der Waals surface area contributed by atoms with E-state index >= 15 is 0 Å². The maximum Gasteiger partial charge on any atom is 0.379 e. The molecular formula is C56H36O7. The van der Waals surface area contributed by atoms with Crippen molar-refractivity contribution in [2.24, 2.45) is 0 Å². The molecule has 2 aliphatic rings. The number of carbonyl (C=O) groups is 2. The Kier molecular flexibility index (Phi) is 8.73. The van der Waals surface area contributed by atoms with Gasteiger partial charge in [0.1, 0.15) is 23.0 Å². The lowest BCUT2D eigenvalue weighted by atomic mass is 9.68. The third-order valence-corrected chi connectivity index (χ3v) is 12.5. The highest BCUT2D eigenvalue weighted by Crippen LogP contribution is 2.57. The van der Waals surface area contributed by atoms with Crippen molar-refractivity contribution in [1.29, 1.82) is 0 Å². The second-order valence-electron chi connectivity index (χ2n) is 15.8. The highest BCUT2D eigenvalue weighted by atomic mass is 16.6. The van der Waals surface area contributed by atoms with Crippen molar-refractivity contribution in [3.63, 3.8) is 0 Å². The summed E-state index contributed by atoms with van der Waals surface area (Å²) in [6.07, 6.45) is 0. The van der Waals surface area contributed by atoms with Crippen LogP contribution in [0, 0.1) is 0 Å². The van der Waals surface area contributed by atoms with E-state index in [0.29, 0.717) is 11.5 Å². The van der Waals surface area contributed by atoms with E-state index < -0.39 is 22.8 Å². The SMILES string of the molecule is O=C(Oc1ccc(C2(c3ccc(O)cc3)c3ccccc3-c3ccccc32)cc1)c1ccc(C(=O)Oc2ccc(C3(c4ccc(O)cc4)c4ccccc4-c4ccccc43)cc2)o1. The molecule has 0 spiro atoms.